The third-order valence-electron chi connectivity index (χ3n) is 15.5. The van der Waals surface area contributed by atoms with Crippen LogP contribution >= 0.6 is 0 Å². The number of hydrogen-bond donors (Lipinski definition) is 0. The summed E-state index contributed by atoms with van der Waals surface area (Å²) >= 11 is 0. The first kappa shape index (κ1) is 44.4. The van der Waals surface area contributed by atoms with E-state index in [-0.39, 0.29) is 5.41 Å². The van der Waals surface area contributed by atoms with Crippen LogP contribution < -0.4 is 9.80 Å². The Labute approximate surface area is 410 Å². The Morgan fingerprint density at radius 3 is 1.57 bits per heavy atom. The molecule has 342 valence electrons. The van der Waals surface area contributed by atoms with E-state index in [1.807, 2.05) is 0 Å². The van der Waals surface area contributed by atoms with E-state index in [4.69, 9.17) is 0 Å². The normalized spacial score (nSPS) is 13.1. The second-order valence-corrected chi connectivity index (χ2v) is 19.9. The molecule has 0 saturated heterocycles. The zero-order valence-corrected chi connectivity index (χ0v) is 40.9. The molecule has 11 rings (SSSR count). The molecule has 0 saturated carbocycles. The summed E-state index contributed by atoms with van der Waals surface area (Å²) in [7, 11) is 2.17. The molecule has 2 heteroatoms. The summed E-state index contributed by atoms with van der Waals surface area (Å²) in [4.78, 5) is 4.79. The Hall–Kier alpha value is -7.16. The first-order valence-corrected chi connectivity index (χ1v) is 25.7. The lowest BCUT2D eigenvalue weighted by Crippen LogP contribution is -2.26. The molecule has 0 fully saturated rings. The minimum Gasteiger partial charge on any atom is -0.345 e. The molecule has 9 aromatic rings. The first-order chi connectivity index (χ1) is 33.9. The van der Waals surface area contributed by atoms with Crippen LogP contribution in [-0.4, -0.2) is 7.05 Å². The molecule has 2 nitrogen and oxygen atoms in total. The number of aryl methyl sites for hydroxylation is 3. The molecule has 0 spiro atoms. The van der Waals surface area contributed by atoms with Crippen molar-refractivity contribution in [1.29, 1.82) is 0 Å². The van der Waals surface area contributed by atoms with Gasteiger partial charge in [-0.3, -0.25) is 0 Å². The molecule has 69 heavy (non-hydrogen) atoms. The standard InChI is InChI=1S/C67H64N2/c1-5-7-12-39-67(40-13-8-6-2)65-41-47(3)19-37-63(65)64-38-36-62(46-66(64)67)69(59-32-26-51(27-33-59)52-17-14-18-53(42-52)55-23-21-50-20-22-54(50)43-55)61-35-29-56-44-60(34-28-57(56)45-61)68(4)58-30-24-49(25-31-58)48-15-10-9-11-16-48/h9-11,14-19,21,23-38,41-46H,5-8,12-13,20,22,39-40H2,1-4H3. The maximum atomic E-state index is 2.58. The summed E-state index contributed by atoms with van der Waals surface area (Å²) in [6.45, 7) is 6.95. The van der Waals surface area contributed by atoms with Crippen LogP contribution in [-0.2, 0) is 18.3 Å². The highest BCUT2D eigenvalue weighted by molar-refractivity contribution is 5.93. The molecule has 2 aliphatic carbocycles. The van der Waals surface area contributed by atoms with Crippen LogP contribution in [0.2, 0.25) is 0 Å². The van der Waals surface area contributed by atoms with Gasteiger partial charge in [0.05, 0.1) is 0 Å². The maximum absolute atomic E-state index is 2.58. The van der Waals surface area contributed by atoms with Crippen molar-refractivity contribution in [3.05, 3.63) is 222 Å². The summed E-state index contributed by atoms with van der Waals surface area (Å²) in [5.74, 6) is 0. The van der Waals surface area contributed by atoms with E-state index in [0.29, 0.717) is 0 Å². The number of fused-ring (bicyclic) bond motifs is 5. The lowest BCUT2D eigenvalue weighted by atomic mass is 9.70. The Bertz CT molecular complexity index is 3260. The lowest BCUT2D eigenvalue weighted by Gasteiger charge is -2.34. The van der Waals surface area contributed by atoms with Gasteiger partial charge in [-0.1, -0.05) is 185 Å². The molecule has 2 aliphatic rings. The van der Waals surface area contributed by atoms with Crippen LogP contribution in [0.5, 0.6) is 0 Å². The number of rotatable bonds is 16. The fourth-order valence-corrected chi connectivity index (χ4v) is 11.5. The number of hydrogen-bond acceptors (Lipinski definition) is 2. The zero-order valence-electron chi connectivity index (χ0n) is 40.9. The van der Waals surface area contributed by atoms with E-state index in [1.165, 1.54) is 147 Å². The SMILES string of the molecule is CCCCCC1(CCCCC)c2cc(C)ccc2-c2ccc(N(c3ccc(-c4cccc(-c5ccc6c(c5)CC6)c4)cc3)c3ccc4cc(N(C)c5ccc(-c6ccccc6)cc5)ccc4c3)cc21. The second-order valence-electron chi connectivity index (χ2n) is 19.9. The molecule has 0 atom stereocenters. The Balaban J connectivity index is 0.985. The molecule has 0 aromatic heterocycles. The van der Waals surface area contributed by atoms with Crippen molar-refractivity contribution in [2.24, 2.45) is 0 Å². The Morgan fingerprint density at radius 2 is 0.899 bits per heavy atom. The highest BCUT2D eigenvalue weighted by Crippen LogP contribution is 2.56. The molecular weight excluding hydrogens is 833 g/mol. The highest BCUT2D eigenvalue weighted by atomic mass is 15.1. The largest absolute Gasteiger partial charge is 0.345 e. The van der Waals surface area contributed by atoms with E-state index in [1.54, 1.807) is 5.56 Å². The van der Waals surface area contributed by atoms with Gasteiger partial charge in [0.15, 0.2) is 0 Å². The topological polar surface area (TPSA) is 6.48 Å². The monoisotopic (exact) mass is 897 g/mol. The summed E-state index contributed by atoms with van der Waals surface area (Å²) in [5, 5.41) is 2.44. The van der Waals surface area contributed by atoms with Crippen LogP contribution in [0, 0.1) is 6.92 Å². The van der Waals surface area contributed by atoms with Crippen LogP contribution in [0.25, 0.3) is 55.3 Å². The lowest BCUT2D eigenvalue weighted by molar-refractivity contribution is 0.405. The highest BCUT2D eigenvalue weighted by Gasteiger charge is 2.42. The molecular formula is C67H64N2. The number of unbranched alkanes of at least 4 members (excludes halogenated alkanes) is 4. The van der Waals surface area contributed by atoms with Crippen molar-refractivity contribution >= 4 is 39.2 Å². The molecule has 0 unspecified atom stereocenters. The molecule has 0 bridgehead atoms. The van der Waals surface area contributed by atoms with Crippen molar-refractivity contribution in [3.63, 3.8) is 0 Å². The average Bonchev–Trinajstić information content (AvgIpc) is 3.64. The van der Waals surface area contributed by atoms with Crippen LogP contribution in [0.15, 0.2) is 194 Å². The Morgan fingerprint density at radius 1 is 0.391 bits per heavy atom. The second kappa shape index (κ2) is 19.1. The van der Waals surface area contributed by atoms with Gasteiger partial charge in [0.25, 0.3) is 0 Å². The number of nitrogens with zero attached hydrogens (tertiary/aromatic N) is 2. The quantitative estimate of drug-likeness (QED) is 0.0892. The molecule has 0 N–H and O–H groups in total. The summed E-state index contributed by atoms with van der Waals surface area (Å²) in [5.41, 5.74) is 23.6. The van der Waals surface area contributed by atoms with Gasteiger partial charge in [-0.2, -0.15) is 0 Å². The summed E-state index contributed by atoms with van der Waals surface area (Å²) < 4.78 is 0. The van der Waals surface area contributed by atoms with Crippen molar-refractivity contribution in [1.82, 2.24) is 0 Å². The Kier molecular flexibility index (Phi) is 12.3. The molecule has 0 radical (unpaired) electrons. The predicted octanol–water partition coefficient (Wildman–Crippen LogP) is 18.9. The zero-order chi connectivity index (χ0) is 46.9. The van der Waals surface area contributed by atoms with E-state index < -0.39 is 0 Å². The van der Waals surface area contributed by atoms with Gasteiger partial charge in [0.1, 0.15) is 0 Å². The van der Waals surface area contributed by atoms with Gasteiger partial charge in [0.2, 0.25) is 0 Å². The molecule has 0 heterocycles. The predicted molar refractivity (Wildman–Crippen MR) is 296 cm³/mol. The average molecular weight is 897 g/mol. The van der Waals surface area contributed by atoms with Gasteiger partial charge in [0, 0.05) is 40.9 Å². The summed E-state index contributed by atoms with van der Waals surface area (Å²) in [6.07, 6.45) is 12.2. The third kappa shape index (κ3) is 8.56. The van der Waals surface area contributed by atoms with Gasteiger partial charge in [-0.15, -0.1) is 0 Å². The van der Waals surface area contributed by atoms with Gasteiger partial charge < -0.3 is 9.80 Å². The number of benzene rings is 9. The number of anilines is 5. The van der Waals surface area contributed by atoms with Gasteiger partial charge in [-0.05, 0) is 177 Å². The van der Waals surface area contributed by atoms with Crippen molar-refractivity contribution < 1.29 is 0 Å². The third-order valence-corrected chi connectivity index (χ3v) is 15.5. The van der Waals surface area contributed by atoms with E-state index in [2.05, 4.69) is 232 Å². The maximum Gasteiger partial charge on any atom is 0.0468 e. The van der Waals surface area contributed by atoms with Gasteiger partial charge in [-0.25, -0.2) is 0 Å². The fraction of sp³-hybridized carbons (Fsp3) is 0.224. The van der Waals surface area contributed by atoms with E-state index >= 15 is 0 Å². The van der Waals surface area contributed by atoms with Crippen LogP contribution in [0.3, 0.4) is 0 Å². The van der Waals surface area contributed by atoms with Crippen molar-refractivity contribution in [2.75, 3.05) is 16.8 Å². The van der Waals surface area contributed by atoms with Crippen molar-refractivity contribution in [3.8, 4) is 44.5 Å². The van der Waals surface area contributed by atoms with Crippen LogP contribution in [0.1, 0.15) is 93.0 Å². The molecule has 0 aliphatic heterocycles. The molecule has 9 aromatic carbocycles. The summed E-state index contributed by atoms with van der Waals surface area (Å²) in [6, 6.07) is 73.5. The minimum absolute atomic E-state index is 0.00896. The van der Waals surface area contributed by atoms with Crippen molar-refractivity contribution in [2.45, 2.75) is 90.4 Å². The molecule has 0 amide bonds. The van der Waals surface area contributed by atoms with E-state index in [0.717, 1.165) is 22.7 Å². The fourth-order valence-electron chi connectivity index (χ4n) is 11.5. The van der Waals surface area contributed by atoms with E-state index in [9.17, 15) is 0 Å². The smallest absolute Gasteiger partial charge is 0.0468 e. The van der Waals surface area contributed by atoms with Gasteiger partial charge >= 0.3 is 0 Å². The minimum atomic E-state index is -0.00896. The van der Waals surface area contributed by atoms with Crippen LogP contribution in [0.4, 0.5) is 28.4 Å². The first-order valence-electron chi connectivity index (χ1n) is 25.7.